The van der Waals surface area contributed by atoms with E-state index in [9.17, 15) is 4.79 Å². The van der Waals surface area contributed by atoms with Crippen molar-refractivity contribution in [2.75, 3.05) is 18.9 Å². The summed E-state index contributed by atoms with van der Waals surface area (Å²) in [5, 5.41) is 3.32. The van der Waals surface area contributed by atoms with Crippen LogP contribution in [0.3, 0.4) is 0 Å². The van der Waals surface area contributed by atoms with E-state index in [0.717, 1.165) is 24.2 Å². The van der Waals surface area contributed by atoms with Gasteiger partial charge in [-0.05, 0) is 31.4 Å². The molecule has 0 bridgehead atoms. The first kappa shape index (κ1) is 15.5. The number of carbonyl (C=O) groups is 1. The van der Waals surface area contributed by atoms with Crippen LogP contribution in [0.4, 0.5) is 5.69 Å². The molecule has 0 saturated heterocycles. The summed E-state index contributed by atoms with van der Waals surface area (Å²) < 4.78 is 0. The third-order valence-electron chi connectivity index (χ3n) is 3.62. The monoisotopic (exact) mass is 262 g/mol. The smallest absolute Gasteiger partial charge is 0.255 e. The largest absolute Gasteiger partial charge is 0.384 e. The minimum absolute atomic E-state index is 0.0837. The molecule has 0 aromatic heterocycles. The van der Waals surface area contributed by atoms with Crippen molar-refractivity contribution in [2.24, 2.45) is 5.92 Å². The van der Waals surface area contributed by atoms with Crippen molar-refractivity contribution in [1.82, 2.24) is 4.90 Å². The molecule has 3 heteroatoms. The fraction of sp³-hybridized carbons (Fsp3) is 0.562. The summed E-state index contributed by atoms with van der Waals surface area (Å²) in [6.07, 6.45) is 1.04. The molecule has 1 aromatic carbocycles. The van der Waals surface area contributed by atoms with Gasteiger partial charge in [-0.15, -0.1) is 0 Å². The molecule has 0 saturated carbocycles. The molecule has 0 radical (unpaired) electrons. The molecule has 0 aliphatic carbocycles. The summed E-state index contributed by atoms with van der Waals surface area (Å²) in [5.41, 5.74) is 1.68. The van der Waals surface area contributed by atoms with Crippen LogP contribution < -0.4 is 5.32 Å². The van der Waals surface area contributed by atoms with Crippen molar-refractivity contribution in [1.29, 1.82) is 0 Å². The van der Waals surface area contributed by atoms with Crippen LogP contribution in [0.15, 0.2) is 24.3 Å². The SMILES string of the molecule is CCCNc1ccccc1C(=O)N(C)C(C)C(C)C. The second-order valence-corrected chi connectivity index (χ2v) is 5.37. The Bertz CT molecular complexity index is 415. The lowest BCUT2D eigenvalue weighted by Gasteiger charge is -2.28. The number of anilines is 1. The van der Waals surface area contributed by atoms with Crippen LogP contribution in [0.1, 0.15) is 44.5 Å². The molecule has 1 unspecified atom stereocenters. The number of rotatable bonds is 6. The maximum atomic E-state index is 12.6. The number of nitrogens with one attached hydrogen (secondary N) is 1. The van der Waals surface area contributed by atoms with Gasteiger partial charge in [-0.1, -0.05) is 32.9 Å². The van der Waals surface area contributed by atoms with Gasteiger partial charge in [0.05, 0.1) is 5.56 Å². The molecule has 0 aliphatic heterocycles. The van der Waals surface area contributed by atoms with Crippen LogP contribution >= 0.6 is 0 Å². The molecule has 1 N–H and O–H groups in total. The zero-order valence-corrected chi connectivity index (χ0v) is 12.7. The molecule has 106 valence electrons. The predicted molar refractivity (Wildman–Crippen MR) is 81.6 cm³/mol. The van der Waals surface area contributed by atoms with E-state index >= 15 is 0 Å². The maximum Gasteiger partial charge on any atom is 0.255 e. The van der Waals surface area contributed by atoms with Gasteiger partial charge in [0.25, 0.3) is 5.91 Å². The number of benzene rings is 1. The highest BCUT2D eigenvalue weighted by Crippen LogP contribution is 2.19. The fourth-order valence-electron chi connectivity index (χ4n) is 1.91. The third-order valence-corrected chi connectivity index (χ3v) is 3.62. The average Bonchev–Trinajstić information content (AvgIpc) is 2.42. The molecule has 0 aliphatic rings. The van der Waals surface area contributed by atoms with Crippen LogP contribution in [-0.4, -0.2) is 30.4 Å². The summed E-state index contributed by atoms with van der Waals surface area (Å²) in [6, 6.07) is 7.96. The molecule has 3 nitrogen and oxygen atoms in total. The standard InChI is InChI=1S/C16H26N2O/c1-6-11-17-15-10-8-7-9-14(15)16(19)18(5)13(4)12(2)3/h7-10,12-13,17H,6,11H2,1-5H3. The number of carbonyl (C=O) groups excluding carboxylic acids is 1. The minimum atomic E-state index is 0.0837. The van der Waals surface area contributed by atoms with Gasteiger partial charge in [0.1, 0.15) is 0 Å². The normalized spacial score (nSPS) is 12.3. The number of hydrogen-bond acceptors (Lipinski definition) is 2. The van der Waals surface area contributed by atoms with Crippen molar-refractivity contribution in [2.45, 2.75) is 40.2 Å². The number of amides is 1. The van der Waals surface area contributed by atoms with Gasteiger partial charge in [-0.25, -0.2) is 0 Å². The number of para-hydroxylation sites is 1. The molecular weight excluding hydrogens is 236 g/mol. The van der Waals surface area contributed by atoms with E-state index in [1.165, 1.54) is 0 Å². The molecule has 19 heavy (non-hydrogen) atoms. The summed E-state index contributed by atoms with van der Waals surface area (Å²) in [7, 11) is 1.88. The lowest BCUT2D eigenvalue weighted by molar-refractivity contribution is 0.0708. The minimum Gasteiger partial charge on any atom is -0.384 e. The molecule has 1 rings (SSSR count). The predicted octanol–water partition coefficient (Wildman–Crippen LogP) is 3.63. The second kappa shape index (κ2) is 7.17. The average molecular weight is 262 g/mol. The van der Waals surface area contributed by atoms with E-state index in [4.69, 9.17) is 0 Å². The van der Waals surface area contributed by atoms with Crippen molar-refractivity contribution in [3.8, 4) is 0 Å². The highest BCUT2D eigenvalue weighted by atomic mass is 16.2. The van der Waals surface area contributed by atoms with Crippen LogP contribution in [0.5, 0.6) is 0 Å². The Morgan fingerprint density at radius 1 is 1.26 bits per heavy atom. The van der Waals surface area contributed by atoms with Gasteiger partial charge < -0.3 is 10.2 Å². The first-order chi connectivity index (χ1) is 8.99. The van der Waals surface area contributed by atoms with Crippen LogP contribution in [0, 0.1) is 5.92 Å². The molecule has 1 amide bonds. The summed E-state index contributed by atoms with van der Waals surface area (Å²) >= 11 is 0. The summed E-state index contributed by atoms with van der Waals surface area (Å²) in [5.74, 6) is 0.533. The van der Waals surface area contributed by atoms with E-state index in [1.54, 1.807) is 0 Å². The van der Waals surface area contributed by atoms with E-state index < -0.39 is 0 Å². The molecule has 0 spiro atoms. The summed E-state index contributed by atoms with van der Waals surface area (Å²) in [6.45, 7) is 9.36. The van der Waals surface area contributed by atoms with Crippen molar-refractivity contribution < 1.29 is 4.79 Å². The van der Waals surface area contributed by atoms with E-state index in [-0.39, 0.29) is 11.9 Å². The second-order valence-electron chi connectivity index (χ2n) is 5.37. The Labute approximate surface area is 117 Å². The Hall–Kier alpha value is -1.51. The highest BCUT2D eigenvalue weighted by Gasteiger charge is 2.21. The Morgan fingerprint density at radius 2 is 1.89 bits per heavy atom. The van der Waals surface area contributed by atoms with Gasteiger partial charge in [-0.3, -0.25) is 4.79 Å². The zero-order valence-electron chi connectivity index (χ0n) is 12.7. The number of nitrogens with zero attached hydrogens (tertiary/aromatic N) is 1. The summed E-state index contributed by atoms with van der Waals surface area (Å²) in [4.78, 5) is 14.4. The first-order valence-electron chi connectivity index (χ1n) is 7.09. The van der Waals surface area contributed by atoms with Gasteiger partial charge in [0.15, 0.2) is 0 Å². The maximum absolute atomic E-state index is 12.6. The van der Waals surface area contributed by atoms with Gasteiger partial charge in [0.2, 0.25) is 0 Å². The van der Waals surface area contributed by atoms with Gasteiger partial charge in [0, 0.05) is 25.3 Å². The first-order valence-corrected chi connectivity index (χ1v) is 7.09. The lowest BCUT2D eigenvalue weighted by atomic mass is 10.0. The van der Waals surface area contributed by atoms with E-state index in [0.29, 0.717) is 5.92 Å². The molecule has 0 heterocycles. The van der Waals surface area contributed by atoms with Crippen LogP contribution in [-0.2, 0) is 0 Å². The van der Waals surface area contributed by atoms with E-state index in [1.807, 2.05) is 36.2 Å². The Balaban J connectivity index is 2.92. The number of hydrogen-bond donors (Lipinski definition) is 1. The quantitative estimate of drug-likeness (QED) is 0.849. The Morgan fingerprint density at radius 3 is 2.47 bits per heavy atom. The third kappa shape index (κ3) is 3.98. The fourth-order valence-corrected chi connectivity index (χ4v) is 1.91. The molecular formula is C16H26N2O. The van der Waals surface area contributed by atoms with Gasteiger partial charge >= 0.3 is 0 Å². The highest BCUT2D eigenvalue weighted by molar-refractivity contribution is 5.99. The van der Waals surface area contributed by atoms with Crippen molar-refractivity contribution in [3.05, 3.63) is 29.8 Å². The Kier molecular flexibility index (Phi) is 5.87. The topological polar surface area (TPSA) is 32.3 Å². The van der Waals surface area contributed by atoms with Crippen molar-refractivity contribution in [3.63, 3.8) is 0 Å². The van der Waals surface area contributed by atoms with Crippen LogP contribution in [0.2, 0.25) is 0 Å². The molecule has 1 atom stereocenters. The van der Waals surface area contributed by atoms with Gasteiger partial charge in [-0.2, -0.15) is 0 Å². The molecule has 0 fully saturated rings. The van der Waals surface area contributed by atoms with Crippen LogP contribution in [0.25, 0.3) is 0 Å². The zero-order chi connectivity index (χ0) is 14.4. The lowest BCUT2D eigenvalue weighted by Crippen LogP contribution is -2.38. The van der Waals surface area contributed by atoms with E-state index in [2.05, 4.69) is 33.0 Å². The van der Waals surface area contributed by atoms with Crippen molar-refractivity contribution >= 4 is 11.6 Å². The molecule has 1 aromatic rings.